The first-order valence-corrected chi connectivity index (χ1v) is 6.39. The normalized spacial score (nSPS) is 16.2. The van der Waals surface area contributed by atoms with E-state index in [9.17, 15) is 4.79 Å². The van der Waals surface area contributed by atoms with E-state index in [4.69, 9.17) is 5.73 Å². The molecular formula is C14H16N4O. The highest BCUT2D eigenvalue weighted by Crippen LogP contribution is 2.30. The van der Waals surface area contributed by atoms with Crippen LogP contribution < -0.4 is 16.0 Å². The van der Waals surface area contributed by atoms with Crippen molar-refractivity contribution in [2.45, 2.75) is 6.42 Å². The van der Waals surface area contributed by atoms with Crippen molar-refractivity contribution in [1.82, 2.24) is 10.3 Å². The van der Waals surface area contributed by atoms with Gasteiger partial charge in [0.1, 0.15) is 0 Å². The van der Waals surface area contributed by atoms with Crippen LogP contribution in [0.4, 0.5) is 11.4 Å². The van der Waals surface area contributed by atoms with Gasteiger partial charge in [-0.3, -0.25) is 9.78 Å². The second-order valence-corrected chi connectivity index (χ2v) is 4.72. The topological polar surface area (TPSA) is 71.2 Å². The summed E-state index contributed by atoms with van der Waals surface area (Å²) in [5.41, 5.74) is 7.75. The molecule has 0 spiro atoms. The number of nitrogens with one attached hydrogen (secondary N) is 1. The van der Waals surface area contributed by atoms with E-state index in [2.05, 4.69) is 15.2 Å². The molecule has 1 saturated heterocycles. The van der Waals surface area contributed by atoms with Crippen molar-refractivity contribution in [2.24, 2.45) is 0 Å². The van der Waals surface area contributed by atoms with E-state index in [1.54, 1.807) is 6.20 Å². The zero-order valence-corrected chi connectivity index (χ0v) is 10.6. The van der Waals surface area contributed by atoms with Gasteiger partial charge in [-0.25, -0.2) is 0 Å². The number of pyridine rings is 1. The van der Waals surface area contributed by atoms with Crippen molar-refractivity contribution < 1.29 is 4.79 Å². The van der Waals surface area contributed by atoms with Gasteiger partial charge >= 0.3 is 0 Å². The van der Waals surface area contributed by atoms with E-state index in [0.717, 1.165) is 41.7 Å². The third-order valence-electron chi connectivity index (χ3n) is 3.43. The summed E-state index contributed by atoms with van der Waals surface area (Å²) in [6.45, 7) is 1.97. The molecule has 2 heterocycles. The summed E-state index contributed by atoms with van der Waals surface area (Å²) in [7, 11) is 0. The fourth-order valence-electron chi connectivity index (χ4n) is 2.49. The Morgan fingerprint density at radius 1 is 1.26 bits per heavy atom. The maximum absolute atomic E-state index is 11.7. The molecule has 0 bridgehead atoms. The third-order valence-corrected chi connectivity index (χ3v) is 3.43. The largest absolute Gasteiger partial charge is 0.398 e. The Hall–Kier alpha value is -2.30. The number of carbonyl (C=O) groups excluding carboxylic acids is 1. The maximum Gasteiger partial charge on any atom is 0.239 e. The number of aromatic nitrogens is 1. The molecule has 19 heavy (non-hydrogen) atoms. The number of nitrogens with two attached hydrogens (primary N) is 1. The molecule has 0 aliphatic carbocycles. The van der Waals surface area contributed by atoms with Crippen molar-refractivity contribution in [3.8, 4) is 0 Å². The zero-order valence-electron chi connectivity index (χ0n) is 10.6. The standard InChI is InChI=1S/C14H16N4O/c15-12-2-3-13(11-8-16-6-4-10(11)12)18-7-1-5-17-14(19)9-18/h2-4,6,8H,1,5,7,9,15H2,(H,17,19). The van der Waals surface area contributed by atoms with Gasteiger partial charge in [0.2, 0.25) is 5.91 Å². The van der Waals surface area contributed by atoms with Crippen LogP contribution in [0.5, 0.6) is 0 Å². The highest BCUT2D eigenvalue weighted by molar-refractivity contribution is 6.01. The number of benzene rings is 1. The zero-order chi connectivity index (χ0) is 13.2. The number of rotatable bonds is 1. The van der Waals surface area contributed by atoms with E-state index >= 15 is 0 Å². The van der Waals surface area contributed by atoms with Gasteiger partial charge in [0.15, 0.2) is 0 Å². The molecule has 1 aliphatic rings. The minimum absolute atomic E-state index is 0.0614. The van der Waals surface area contributed by atoms with Crippen molar-refractivity contribution in [3.05, 3.63) is 30.6 Å². The summed E-state index contributed by atoms with van der Waals surface area (Å²) in [6, 6.07) is 5.77. The van der Waals surface area contributed by atoms with Gasteiger partial charge in [-0.2, -0.15) is 0 Å². The van der Waals surface area contributed by atoms with Crippen LogP contribution >= 0.6 is 0 Å². The number of hydrogen-bond donors (Lipinski definition) is 2. The molecule has 0 unspecified atom stereocenters. The van der Waals surface area contributed by atoms with E-state index in [1.807, 2.05) is 24.4 Å². The van der Waals surface area contributed by atoms with Crippen molar-refractivity contribution >= 4 is 28.1 Å². The maximum atomic E-state index is 11.7. The van der Waals surface area contributed by atoms with Crippen molar-refractivity contribution in [1.29, 1.82) is 0 Å². The minimum Gasteiger partial charge on any atom is -0.398 e. The third kappa shape index (κ3) is 2.19. The molecule has 1 aromatic carbocycles. The molecule has 5 nitrogen and oxygen atoms in total. The van der Waals surface area contributed by atoms with Gasteiger partial charge in [0.25, 0.3) is 0 Å². The quantitative estimate of drug-likeness (QED) is 0.751. The van der Waals surface area contributed by atoms with Crippen LogP contribution in [0.3, 0.4) is 0 Å². The van der Waals surface area contributed by atoms with Gasteiger partial charge in [-0.1, -0.05) is 0 Å². The van der Waals surface area contributed by atoms with Crippen LogP contribution in [0.15, 0.2) is 30.6 Å². The summed E-state index contributed by atoms with van der Waals surface area (Å²) >= 11 is 0. The fraction of sp³-hybridized carbons (Fsp3) is 0.286. The predicted molar refractivity (Wildman–Crippen MR) is 76.0 cm³/mol. The summed E-state index contributed by atoms with van der Waals surface area (Å²) in [5, 5.41) is 4.86. The first kappa shape index (κ1) is 11.8. The number of nitrogen functional groups attached to an aromatic ring is 1. The van der Waals surface area contributed by atoms with Crippen LogP contribution in [0, 0.1) is 0 Å². The van der Waals surface area contributed by atoms with Crippen LogP contribution in [0.25, 0.3) is 10.8 Å². The van der Waals surface area contributed by atoms with Crippen molar-refractivity contribution in [3.63, 3.8) is 0 Å². The first-order chi connectivity index (χ1) is 9.25. The molecule has 1 amide bonds. The Kier molecular flexibility index (Phi) is 2.95. The predicted octanol–water partition coefficient (Wildman–Crippen LogP) is 1.14. The highest BCUT2D eigenvalue weighted by atomic mass is 16.2. The second-order valence-electron chi connectivity index (χ2n) is 4.72. The number of nitrogens with zero attached hydrogens (tertiary/aromatic N) is 2. The SMILES string of the molecule is Nc1ccc(N2CCCNC(=O)C2)c2cnccc12. The monoisotopic (exact) mass is 256 g/mol. The molecule has 5 heteroatoms. The molecule has 98 valence electrons. The smallest absolute Gasteiger partial charge is 0.239 e. The lowest BCUT2D eigenvalue weighted by Crippen LogP contribution is -2.33. The highest BCUT2D eigenvalue weighted by Gasteiger charge is 2.17. The van der Waals surface area contributed by atoms with E-state index in [0.29, 0.717) is 6.54 Å². The molecule has 0 radical (unpaired) electrons. The molecule has 0 atom stereocenters. The lowest BCUT2D eigenvalue weighted by Gasteiger charge is -2.23. The Morgan fingerprint density at radius 3 is 3.05 bits per heavy atom. The van der Waals surface area contributed by atoms with Gasteiger partial charge in [0, 0.05) is 47.6 Å². The summed E-state index contributed by atoms with van der Waals surface area (Å²) < 4.78 is 0. The molecule has 2 aromatic rings. The number of anilines is 2. The first-order valence-electron chi connectivity index (χ1n) is 6.39. The van der Waals surface area contributed by atoms with Crippen LogP contribution in [-0.2, 0) is 4.79 Å². The van der Waals surface area contributed by atoms with E-state index in [-0.39, 0.29) is 5.91 Å². The average molecular weight is 256 g/mol. The Morgan fingerprint density at radius 2 is 2.16 bits per heavy atom. The van der Waals surface area contributed by atoms with Crippen molar-refractivity contribution in [2.75, 3.05) is 30.3 Å². The Balaban J connectivity index is 2.09. The van der Waals surface area contributed by atoms with Gasteiger partial charge in [0.05, 0.1) is 6.54 Å². The molecule has 1 fully saturated rings. The Bertz CT molecular complexity index is 626. The molecule has 1 aromatic heterocycles. The summed E-state index contributed by atoms with van der Waals surface area (Å²) in [6.07, 6.45) is 4.49. The molecule has 3 N–H and O–H groups in total. The van der Waals surface area contributed by atoms with E-state index < -0.39 is 0 Å². The number of fused-ring (bicyclic) bond motifs is 1. The minimum atomic E-state index is 0.0614. The lowest BCUT2D eigenvalue weighted by atomic mass is 10.1. The molecule has 0 saturated carbocycles. The van der Waals surface area contributed by atoms with Crippen LogP contribution in [0.1, 0.15) is 6.42 Å². The van der Waals surface area contributed by atoms with Gasteiger partial charge in [-0.15, -0.1) is 0 Å². The van der Waals surface area contributed by atoms with E-state index in [1.165, 1.54) is 0 Å². The summed E-state index contributed by atoms with van der Waals surface area (Å²) in [5.74, 6) is 0.0614. The fourth-order valence-corrected chi connectivity index (χ4v) is 2.49. The van der Waals surface area contributed by atoms with Gasteiger partial charge < -0.3 is 16.0 Å². The Labute approximate surface area is 111 Å². The van der Waals surface area contributed by atoms with Gasteiger partial charge in [-0.05, 0) is 24.6 Å². The average Bonchev–Trinajstić information content (AvgIpc) is 2.64. The number of hydrogen-bond acceptors (Lipinski definition) is 4. The molecule has 1 aliphatic heterocycles. The summed E-state index contributed by atoms with van der Waals surface area (Å²) in [4.78, 5) is 17.9. The molecule has 3 rings (SSSR count). The number of carbonyl (C=O) groups is 1. The van der Waals surface area contributed by atoms with Crippen LogP contribution in [0.2, 0.25) is 0 Å². The lowest BCUT2D eigenvalue weighted by molar-refractivity contribution is -0.119. The molecular weight excluding hydrogens is 240 g/mol. The van der Waals surface area contributed by atoms with Crippen LogP contribution in [-0.4, -0.2) is 30.5 Å². The number of amides is 1. The second kappa shape index (κ2) is 4.76.